The SMILES string of the molecule is C/C=C/Cn1c(CCc2ccccn2)cc(=O)n(Cc2ccc(OC)cc2)c1=O. The molecular formula is C23H25N3O3. The zero-order chi connectivity index (χ0) is 20.6. The van der Waals surface area contributed by atoms with Gasteiger partial charge in [-0.25, -0.2) is 4.79 Å². The lowest BCUT2D eigenvalue weighted by molar-refractivity contribution is 0.414. The van der Waals surface area contributed by atoms with E-state index in [0.717, 1.165) is 22.7 Å². The molecule has 0 bridgehead atoms. The summed E-state index contributed by atoms with van der Waals surface area (Å²) in [5.74, 6) is 0.733. The molecule has 0 fully saturated rings. The van der Waals surface area contributed by atoms with Crippen LogP contribution in [-0.2, 0) is 25.9 Å². The molecule has 0 N–H and O–H groups in total. The number of methoxy groups -OCH3 is 1. The highest BCUT2D eigenvalue weighted by Crippen LogP contribution is 2.11. The van der Waals surface area contributed by atoms with Crippen molar-refractivity contribution >= 4 is 0 Å². The molecule has 6 nitrogen and oxygen atoms in total. The second-order valence-electron chi connectivity index (χ2n) is 6.69. The average Bonchev–Trinajstić information content (AvgIpc) is 2.75. The van der Waals surface area contributed by atoms with Gasteiger partial charge in [0.2, 0.25) is 0 Å². The largest absolute Gasteiger partial charge is 0.497 e. The summed E-state index contributed by atoms with van der Waals surface area (Å²) in [5, 5.41) is 0. The van der Waals surface area contributed by atoms with Crippen LogP contribution in [0.5, 0.6) is 5.75 Å². The van der Waals surface area contributed by atoms with Crippen LogP contribution in [0.2, 0.25) is 0 Å². The van der Waals surface area contributed by atoms with Crippen LogP contribution in [-0.4, -0.2) is 21.2 Å². The maximum absolute atomic E-state index is 13.1. The Hall–Kier alpha value is -3.41. The van der Waals surface area contributed by atoms with E-state index in [1.54, 1.807) is 23.9 Å². The summed E-state index contributed by atoms with van der Waals surface area (Å²) in [4.78, 5) is 30.1. The van der Waals surface area contributed by atoms with Crippen molar-refractivity contribution in [3.05, 3.63) is 105 Å². The molecule has 1 aromatic carbocycles. The molecule has 0 atom stereocenters. The molecule has 0 radical (unpaired) electrons. The van der Waals surface area contributed by atoms with Gasteiger partial charge in [-0.2, -0.15) is 0 Å². The molecule has 0 saturated carbocycles. The molecule has 0 saturated heterocycles. The predicted molar refractivity (Wildman–Crippen MR) is 114 cm³/mol. The number of allylic oxidation sites excluding steroid dienone is 2. The lowest BCUT2D eigenvalue weighted by atomic mass is 10.1. The molecule has 0 aliphatic carbocycles. The number of ether oxygens (including phenoxy) is 1. The highest BCUT2D eigenvalue weighted by Gasteiger charge is 2.12. The van der Waals surface area contributed by atoms with Crippen molar-refractivity contribution < 1.29 is 4.74 Å². The van der Waals surface area contributed by atoms with Crippen molar-refractivity contribution in [1.29, 1.82) is 0 Å². The van der Waals surface area contributed by atoms with Crippen molar-refractivity contribution in [1.82, 2.24) is 14.1 Å². The number of aromatic nitrogens is 3. The molecule has 0 aliphatic rings. The second-order valence-corrected chi connectivity index (χ2v) is 6.69. The number of benzene rings is 1. The first-order valence-electron chi connectivity index (χ1n) is 9.60. The van der Waals surface area contributed by atoms with E-state index >= 15 is 0 Å². The zero-order valence-corrected chi connectivity index (χ0v) is 16.7. The van der Waals surface area contributed by atoms with Gasteiger partial charge in [-0.3, -0.25) is 18.9 Å². The van der Waals surface area contributed by atoms with Crippen LogP contribution in [0.3, 0.4) is 0 Å². The summed E-state index contributed by atoms with van der Waals surface area (Å²) in [5.41, 5.74) is 1.92. The summed E-state index contributed by atoms with van der Waals surface area (Å²) in [6.07, 6.45) is 6.79. The van der Waals surface area contributed by atoms with Gasteiger partial charge in [0.25, 0.3) is 5.56 Å². The molecule has 0 amide bonds. The Labute approximate surface area is 169 Å². The van der Waals surface area contributed by atoms with Gasteiger partial charge in [-0.05, 0) is 49.6 Å². The molecule has 2 aromatic heterocycles. The van der Waals surface area contributed by atoms with Crippen LogP contribution >= 0.6 is 0 Å². The van der Waals surface area contributed by atoms with Crippen molar-refractivity contribution in [2.75, 3.05) is 7.11 Å². The first-order chi connectivity index (χ1) is 14.1. The molecule has 2 heterocycles. The molecule has 6 heteroatoms. The quantitative estimate of drug-likeness (QED) is 0.554. The Morgan fingerprint density at radius 1 is 1.03 bits per heavy atom. The summed E-state index contributed by atoms with van der Waals surface area (Å²) in [6.45, 7) is 2.56. The van der Waals surface area contributed by atoms with E-state index in [-0.39, 0.29) is 17.8 Å². The van der Waals surface area contributed by atoms with Crippen molar-refractivity contribution in [2.45, 2.75) is 32.9 Å². The van der Waals surface area contributed by atoms with Crippen LogP contribution in [0.4, 0.5) is 0 Å². The fourth-order valence-electron chi connectivity index (χ4n) is 3.14. The molecular weight excluding hydrogens is 366 g/mol. The highest BCUT2D eigenvalue weighted by molar-refractivity contribution is 5.27. The predicted octanol–water partition coefficient (Wildman–Crippen LogP) is 2.82. The summed E-state index contributed by atoms with van der Waals surface area (Å²) < 4.78 is 8.10. The van der Waals surface area contributed by atoms with Crippen LogP contribution in [0.25, 0.3) is 0 Å². The minimum absolute atomic E-state index is 0.220. The Balaban J connectivity index is 1.93. The zero-order valence-electron chi connectivity index (χ0n) is 16.7. The third kappa shape index (κ3) is 5.10. The molecule has 3 rings (SSSR count). The van der Waals surface area contributed by atoms with Crippen LogP contribution in [0, 0.1) is 0 Å². The lowest BCUT2D eigenvalue weighted by Gasteiger charge is -2.14. The van der Waals surface area contributed by atoms with E-state index in [1.807, 2.05) is 61.5 Å². The first-order valence-corrected chi connectivity index (χ1v) is 9.60. The number of aryl methyl sites for hydroxylation is 2. The number of pyridine rings is 1. The number of nitrogens with zero attached hydrogens (tertiary/aromatic N) is 3. The molecule has 0 aliphatic heterocycles. The van der Waals surface area contributed by atoms with Crippen LogP contribution in [0.1, 0.15) is 23.9 Å². The van der Waals surface area contributed by atoms with Crippen LogP contribution < -0.4 is 16.0 Å². The molecule has 0 unspecified atom stereocenters. The van der Waals surface area contributed by atoms with Gasteiger partial charge in [0.15, 0.2) is 0 Å². The van der Waals surface area contributed by atoms with E-state index in [1.165, 1.54) is 4.57 Å². The Morgan fingerprint density at radius 2 is 1.83 bits per heavy atom. The minimum atomic E-state index is -0.303. The lowest BCUT2D eigenvalue weighted by Crippen LogP contribution is -2.41. The number of hydrogen-bond acceptors (Lipinski definition) is 4. The van der Waals surface area contributed by atoms with Gasteiger partial charge in [0.05, 0.1) is 13.7 Å². The normalized spacial score (nSPS) is 11.1. The van der Waals surface area contributed by atoms with E-state index in [4.69, 9.17) is 4.74 Å². The van der Waals surface area contributed by atoms with Crippen LogP contribution in [0.15, 0.2) is 76.5 Å². The number of rotatable bonds is 8. The Bertz CT molecular complexity index is 1080. The molecule has 150 valence electrons. The summed E-state index contributed by atoms with van der Waals surface area (Å²) >= 11 is 0. The first kappa shape index (κ1) is 20.3. The van der Waals surface area contributed by atoms with Gasteiger partial charge < -0.3 is 4.74 Å². The average molecular weight is 391 g/mol. The van der Waals surface area contributed by atoms with E-state index in [9.17, 15) is 9.59 Å². The molecule has 3 aromatic rings. The third-order valence-corrected chi connectivity index (χ3v) is 4.75. The van der Waals surface area contributed by atoms with Crippen molar-refractivity contribution in [3.63, 3.8) is 0 Å². The summed E-state index contributed by atoms with van der Waals surface area (Å²) in [7, 11) is 1.60. The van der Waals surface area contributed by atoms with Gasteiger partial charge in [-0.1, -0.05) is 30.4 Å². The molecule has 29 heavy (non-hydrogen) atoms. The number of hydrogen-bond donors (Lipinski definition) is 0. The summed E-state index contributed by atoms with van der Waals surface area (Å²) in [6, 6.07) is 14.7. The minimum Gasteiger partial charge on any atom is -0.497 e. The maximum Gasteiger partial charge on any atom is 0.331 e. The topological polar surface area (TPSA) is 66.1 Å². The van der Waals surface area contributed by atoms with Crippen molar-refractivity contribution in [2.24, 2.45) is 0 Å². The second kappa shape index (κ2) is 9.68. The standard InChI is InChI=1S/C23H25N3O3/c1-3-4-15-25-20(11-10-19-7-5-6-14-24-19)16-22(27)26(23(25)28)17-18-8-12-21(29-2)13-9-18/h3-9,12-14,16H,10-11,15,17H2,1-2H3/b4-3+. The van der Waals surface area contributed by atoms with Gasteiger partial charge in [0, 0.05) is 30.2 Å². The maximum atomic E-state index is 13.1. The Kier molecular flexibility index (Phi) is 6.79. The third-order valence-electron chi connectivity index (χ3n) is 4.75. The van der Waals surface area contributed by atoms with E-state index in [0.29, 0.717) is 19.4 Å². The smallest absolute Gasteiger partial charge is 0.331 e. The van der Waals surface area contributed by atoms with E-state index < -0.39 is 0 Å². The van der Waals surface area contributed by atoms with E-state index in [2.05, 4.69) is 4.98 Å². The fraction of sp³-hybridized carbons (Fsp3) is 0.261. The van der Waals surface area contributed by atoms with Crippen molar-refractivity contribution in [3.8, 4) is 5.75 Å². The van der Waals surface area contributed by atoms with Gasteiger partial charge in [-0.15, -0.1) is 0 Å². The van der Waals surface area contributed by atoms with Gasteiger partial charge in [0.1, 0.15) is 5.75 Å². The monoisotopic (exact) mass is 391 g/mol. The van der Waals surface area contributed by atoms with Gasteiger partial charge >= 0.3 is 5.69 Å². The molecule has 0 spiro atoms. The fourth-order valence-corrected chi connectivity index (χ4v) is 3.14. The Morgan fingerprint density at radius 3 is 2.48 bits per heavy atom. The highest BCUT2D eigenvalue weighted by atomic mass is 16.5.